The van der Waals surface area contributed by atoms with Crippen LogP contribution in [0.15, 0.2) is 88.6 Å². The molecule has 1 amide bonds. The van der Waals surface area contributed by atoms with Crippen LogP contribution in [0.5, 0.6) is 0 Å². The summed E-state index contributed by atoms with van der Waals surface area (Å²) in [5.41, 5.74) is 1.84. The molecule has 5 rings (SSSR count). The Morgan fingerprint density at radius 1 is 1.00 bits per heavy atom. The molecule has 1 unspecified atom stereocenters. The summed E-state index contributed by atoms with van der Waals surface area (Å²) >= 11 is 1.39. The first-order valence-corrected chi connectivity index (χ1v) is 10.7. The van der Waals surface area contributed by atoms with Crippen molar-refractivity contribution in [3.8, 4) is 17.3 Å². The number of rotatable bonds is 7. The zero-order chi connectivity index (χ0) is 20.3. The molecule has 2 aromatic carbocycles. The van der Waals surface area contributed by atoms with Crippen LogP contribution in [0.2, 0.25) is 0 Å². The van der Waals surface area contributed by atoms with E-state index < -0.39 is 5.25 Å². The molecule has 0 radical (unpaired) electrons. The van der Waals surface area contributed by atoms with Gasteiger partial charge in [-0.25, -0.2) is 0 Å². The quantitative estimate of drug-likeness (QED) is 0.444. The van der Waals surface area contributed by atoms with Gasteiger partial charge in [0, 0.05) is 11.7 Å². The Bertz CT molecular complexity index is 1120. The van der Waals surface area contributed by atoms with Gasteiger partial charge in [-0.15, -0.1) is 10.2 Å². The number of hydrogen-bond acceptors (Lipinski definition) is 5. The average molecular weight is 417 g/mol. The lowest BCUT2D eigenvalue weighted by Gasteiger charge is -2.17. The number of aromatic nitrogens is 3. The van der Waals surface area contributed by atoms with Crippen LogP contribution in [-0.2, 0) is 4.79 Å². The van der Waals surface area contributed by atoms with Gasteiger partial charge in [0.15, 0.2) is 10.9 Å². The van der Waals surface area contributed by atoms with E-state index in [1.807, 2.05) is 77.4 Å². The fourth-order valence-electron chi connectivity index (χ4n) is 3.23. The van der Waals surface area contributed by atoms with Crippen molar-refractivity contribution < 1.29 is 9.21 Å². The third-order valence-corrected chi connectivity index (χ3v) is 6.07. The van der Waals surface area contributed by atoms with Crippen molar-refractivity contribution in [3.63, 3.8) is 0 Å². The molecule has 1 fully saturated rings. The third kappa shape index (κ3) is 3.89. The van der Waals surface area contributed by atoms with Crippen molar-refractivity contribution in [2.75, 3.05) is 0 Å². The monoisotopic (exact) mass is 416 g/mol. The maximum absolute atomic E-state index is 13.1. The van der Waals surface area contributed by atoms with E-state index >= 15 is 0 Å². The molecule has 4 aromatic rings. The second kappa shape index (κ2) is 8.20. The highest BCUT2D eigenvalue weighted by Crippen LogP contribution is 2.38. The first-order chi connectivity index (χ1) is 14.8. The van der Waals surface area contributed by atoms with Crippen molar-refractivity contribution in [2.45, 2.75) is 29.3 Å². The summed E-state index contributed by atoms with van der Waals surface area (Å²) in [6.07, 6.45) is 3.70. The minimum Gasteiger partial charge on any atom is -0.461 e. The number of thioether (sulfide) groups is 1. The van der Waals surface area contributed by atoms with Gasteiger partial charge in [0.2, 0.25) is 11.7 Å². The van der Waals surface area contributed by atoms with Crippen LogP contribution in [0, 0.1) is 0 Å². The Hall–Kier alpha value is -3.32. The molecule has 2 heterocycles. The van der Waals surface area contributed by atoms with Gasteiger partial charge in [0.1, 0.15) is 5.25 Å². The van der Waals surface area contributed by atoms with Gasteiger partial charge in [0.25, 0.3) is 0 Å². The topological polar surface area (TPSA) is 73.0 Å². The number of para-hydroxylation sites is 1. The Morgan fingerprint density at radius 2 is 1.73 bits per heavy atom. The fraction of sp³-hybridized carbons (Fsp3) is 0.174. The van der Waals surface area contributed by atoms with Crippen LogP contribution in [0.25, 0.3) is 17.3 Å². The van der Waals surface area contributed by atoms with Crippen LogP contribution < -0.4 is 5.32 Å². The molecule has 1 saturated carbocycles. The van der Waals surface area contributed by atoms with Gasteiger partial charge in [-0.3, -0.25) is 9.36 Å². The van der Waals surface area contributed by atoms with Gasteiger partial charge < -0.3 is 9.73 Å². The smallest absolute Gasteiger partial charge is 0.238 e. The fourth-order valence-corrected chi connectivity index (χ4v) is 4.30. The molecular weight excluding hydrogens is 396 g/mol. The Labute approximate surface area is 178 Å². The predicted octanol–water partition coefficient (Wildman–Crippen LogP) is 4.64. The summed E-state index contributed by atoms with van der Waals surface area (Å²) in [7, 11) is 0. The first-order valence-electron chi connectivity index (χ1n) is 9.86. The number of furan rings is 1. The summed E-state index contributed by atoms with van der Waals surface area (Å²) in [6.45, 7) is 0. The van der Waals surface area contributed by atoms with E-state index in [4.69, 9.17) is 4.42 Å². The van der Waals surface area contributed by atoms with Crippen molar-refractivity contribution in [3.05, 3.63) is 84.6 Å². The van der Waals surface area contributed by atoms with Crippen molar-refractivity contribution >= 4 is 17.7 Å². The molecule has 1 atom stereocenters. The van der Waals surface area contributed by atoms with Gasteiger partial charge in [-0.1, -0.05) is 60.3 Å². The number of nitrogens with zero attached hydrogens (tertiary/aromatic N) is 3. The SMILES string of the molecule is O=C(NC1CC1)C(Sc1nnc(-c2ccco2)n1-c1ccccc1)c1ccccc1. The molecule has 30 heavy (non-hydrogen) atoms. The Kier molecular flexibility index (Phi) is 5.11. The van der Waals surface area contributed by atoms with Gasteiger partial charge in [-0.2, -0.15) is 0 Å². The third-order valence-electron chi connectivity index (χ3n) is 4.88. The number of carbonyl (C=O) groups excluding carboxylic acids is 1. The van der Waals surface area contributed by atoms with Crippen molar-refractivity contribution in [2.24, 2.45) is 0 Å². The zero-order valence-electron chi connectivity index (χ0n) is 16.1. The Morgan fingerprint density at radius 3 is 2.40 bits per heavy atom. The molecule has 1 aliphatic rings. The van der Waals surface area contributed by atoms with Crippen LogP contribution in [0.4, 0.5) is 0 Å². The van der Waals surface area contributed by atoms with E-state index in [0.717, 1.165) is 24.1 Å². The van der Waals surface area contributed by atoms with Crippen LogP contribution in [-0.4, -0.2) is 26.7 Å². The average Bonchev–Trinajstić information content (AvgIpc) is 3.27. The molecule has 6 nitrogen and oxygen atoms in total. The summed E-state index contributed by atoms with van der Waals surface area (Å²) in [5, 5.41) is 12.1. The standard InChI is InChI=1S/C23H20N4O2S/c28-22(24-17-13-14-17)20(16-8-3-1-4-9-16)30-23-26-25-21(19-12-7-15-29-19)27(23)18-10-5-2-6-11-18/h1-12,15,17,20H,13-14H2,(H,24,28). The van der Waals surface area contributed by atoms with Gasteiger partial charge in [0.05, 0.1) is 6.26 Å². The molecule has 0 saturated heterocycles. The molecule has 1 aliphatic carbocycles. The van der Waals surface area contributed by atoms with Crippen LogP contribution >= 0.6 is 11.8 Å². The van der Waals surface area contributed by atoms with Crippen LogP contribution in [0.1, 0.15) is 23.7 Å². The lowest BCUT2D eigenvalue weighted by atomic mass is 10.1. The molecule has 2 aromatic heterocycles. The molecule has 0 aliphatic heterocycles. The second-order valence-electron chi connectivity index (χ2n) is 7.15. The minimum atomic E-state index is -0.428. The van der Waals surface area contributed by atoms with Crippen molar-refractivity contribution in [1.29, 1.82) is 0 Å². The van der Waals surface area contributed by atoms with E-state index in [1.54, 1.807) is 6.26 Å². The largest absolute Gasteiger partial charge is 0.461 e. The highest BCUT2D eigenvalue weighted by molar-refractivity contribution is 8.00. The molecular formula is C23H20N4O2S. The van der Waals surface area contributed by atoms with E-state index in [2.05, 4.69) is 15.5 Å². The maximum Gasteiger partial charge on any atom is 0.238 e. The number of amides is 1. The first kappa shape index (κ1) is 18.7. The van der Waals surface area contributed by atoms with Gasteiger partial charge >= 0.3 is 0 Å². The zero-order valence-corrected chi connectivity index (χ0v) is 17.0. The number of hydrogen-bond donors (Lipinski definition) is 1. The van der Waals surface area contributed by atoms with Crippen molar-refractivity contribution in [1.82, 2.24) is 20.1 Å². The Balaban J connectivity index is 1.56. The number of carbonyl (C=O) groups is 1. The van der Waals surface area contributed by atoms with E-state index in [9.17, 15) is 4.79 Å². The second-order valence-corrected chi connectivity index (χ2v) is 8.22. The molecule has 7 heteroatoms. The predicted molar refractivity (Wildman–Crippen MR) is 115 cm³/mol. The number of nitrogens with one attached hydrogen (secondary N) is 1. The summed E-state index contributed by atoms with van der Waals surface area (Å²) in [4.78, 5) is 13.1. The van der Waals surface area contributed by atoms with E-state index in [1.165, 1.54) is 11.8 Å². The molecule has 1 N–H and O–H groups in total. The minimum absolute atomic E-state index is 0.00383. The van der Waals surface area contributed by atoms with E-state index in [0.29, 0.717) is 16.7 Å². The molecule has 150 valence electrons. The lowest BCUT2D eigenvalue weighted by molar-refractivity contribution is -0.120. The highest BCUT2D eigenvalue weighted by Gasteiger charge is 2.31. The summed E-state index contributed by atoms with van der Waals surface area (Å²) in [5.74, 6) is 1.22. The number of benzene rings is 2. The van der Waals surface area contributed by atoms with Gasteiger partial charge in [-0.05, 0) is 42.7 Å². The normalized spacial score (nSPS) is 14.4. The summed E-state index contributed by atoms with van der Waals surface area (Å²) < 4.78 is 7.52. The summed E-state index contributed by atoms with van der Waals surface area (Å²) in [6, 6.07) is 23.6. The lowest BCUT2D eigenvalue weighted by Crippen LogP contribution is -2.29. The van der Waals surface area contributed by atoms with Crippen LogP contribution in [0.3, 0.4) is 0 Å². The van der Waals surface area contributed by atoms with E-state index in [-0.39, 0.29) is 11.9 Å². The highest BCUT2D eigenvalue weighted by atomic mass is 32.2. The molecule has 0 spiro atoms. The molecule has 0 bridgehead atoms. The maximum atomic E-state index is 13.1.